The second-order valence-electron chi connectivity index (χ2n) is 11.0. The van der Waals surface area contributed by atoms with Crippen LogP contribution >= 0.6 is 0 Å². The Bertz CT molecular complexity index is 750. The number of benzene rings is 1. The highest BCUT2D eigenvalue weighted by molar-refractivity contribution is 5.26. The van der Waals surface area contributed by atoms with Crippen LogP contribution in [-0.2, 0) is 19.7 Å². The Labute approximate surface area is 212 Å². The third-order valence-electron chi connectivity index (χ3n) is 8.89. The first kappa shape index (κ1) is 27.0. The van der Waals surface area contributed by atoms with Crippen molar-refractivity contribution in [1.29, 1.82) is 0 Å². The molecule has 1 saturated heterocycles. The Balaban J connectivity index is 1.38. The Hall–Kier alpha value is -1.06. The van der Waals surface area contributed by atoms with E-state index in [4.69, 9.17) is 14.2 Å². The molecule has 0 aromatic heterocycles. The van der Waals surface area contributed by atoms with Crippen LogP contribution in [0.2, 0.25) is 0 Å². The van der Waals surface area contributed by atoms with Crippen LogP contribution in [0.15, 0.2) is 30.3 Å². The molecule has 1 heterocycles. The number of ether oxygens (including phenoxy) is 3. The lowest BCUT2D eigenvalue weighted by Crippen LogP contribution is -2.57. The van der Waals surface area contributed by atoms with Crippen molar-refractivity contribution in [3.8, 4) is 0 Å². The lowest BCUT2D eigenvalue weighted by Gasteiger charge is -2.52. The van der Waals surface area contributed by atoms with Crippen molar-refractivity contribution >= 4 is 0 Å². The zero-order chi connectivity index (χ0) is 24.7. The minimum absolute atomic E-state index is 0.0482. The maximum absolute atomic E-state index is 11.4. The normalized spacial score (nSPS) is 30.4. The summed E-state index contributed by atoms with van der Waals surface area (Å²) in [4.78, 5) is 7.14. The van der Waals surface area contributed by atoms with Gasteiger partial charge in [0.1, 0.15) is 0 Å². The van der Waals surface area contributed by atoms with E-state index >= 15 is 0 Å². The first-order valence-electron chi connectivity index (χ1n) is 13.6. The molecule has 35 heavy (non-hydrogen) atoms. The molecule has 2 saturated carbocycles. The number of hydrogen-bond donors (Lipinski definition) is 1. The molecule has 4 rings (SSSR count). The molecule has 1 N–H and O–H groups in total. The van der Waals surface area contributed by atoms with Gasteiger partial charge in [0.15, 0.2) is 6.35 Å². The highest BCUT2D eigenvalue weighted by atomic mass is 16.5. The van der Waals surface area contributed by atoms with Gasteiger partial charge in [-0.2, -0.15) is 0 Å². The summed E-state index contributed by atoms with van der Waals surface area (Å²) in [5.74, 6) is 0.733. The molecule has 3 fully saturated rings. The minimum Gasteiger partial charge on any atom is -0.382 e. The SMILES string of the molecule is COCCOCCOCCN1CC2(CCC(c3ccccc3)(N(C)C)CC2)N(CC2CCC2)C1O. The Morgan fingerprint density at radius 1 is 0.943 bits per heavy atom. The van der Waals surface area contributed by atoms with E-state index in [-0.39, 0.29) is 11.1 Å². The quantitative estimate of drug-likeness (QED) is 0.427. The minimum atomic E-state index is -0.513. The van der Waals surface area contributed by atoms with E-state index in [0.29, 0.717) is 33.0 Å². The van der Waals surface area contributed by atoms with Crippen molar-refractivity contribution in [3.63, 3.8) is 0 Å². The van der Waals surface area contributed by atoms with Crippen LogP contribution in [0.5, 0.6) is 0 Å². The smallest absolute Gasteiger partial charge is 0.166 e. The monoisotopic (exact) mass is 489 g/mol. The third-order valence-corrected chi connectivity index (χ3v) is 8.89. The molecular formula is C28H47N3O4. The molecule has 7 nitrogen and oxygen atoms in total. The largest absolute Gasteiger partial charge is 0.382 e. The van der Waals surface area contributed by atoms with Gasteiger partial charge in [0, 0.05) is 37.8 Å². The lowest BCUT2D eigenvalue weighted by molar-refractivity contribution is -0.105. The molecule has 1 unspecified atom stereocenters. The van der Waals surface area contributed by atoms with Crippen molar-refractivity contribution in [1.82, 2.24) is 14.7 Å². The first-order chi connectivity index (χ1) is 17.0. The summed E-state index contributed by atoms with van der Waals surface area (Å²) in [5.41, 5.74) is 1.54. The molecule has 1 aromatic rings. The van der Waals surface area contributed by atoms with Crippen LogP contribution < -0.4 is 0 Å². The number of hydrogen-bond acceptors (Lipinski definition) is 7. The predicted octanol–water partition coefficient (Wildman–Crippen LogP) is 3.13. The van der Waals surface area contributed by atoms with Gasteiger partial charge in [0.05, 0.1) is 33.0 Å². The third kappa shape index (κ3) is 6.09. The van der Waals surface area contributed by atoms with Crippen LogP contribution in [0.3, 0.4) is 0 Å². The number of aliphatic hydroxyl groups excluding tert-OH is 1. The fourth-order valence-corrected chi connectivity index (χ4v) is 6.39. The van der Waals surface area contributed by atoms with Gasteiger partial charge in [-0.25, -0.2) is 0 Å². The standard InChI is InChI=1S/C28H47N3O4/c1-29(2)28(25-10-5-4-6-11-25)14-12-27(13-15-28)23-30(16-17-34-20-21-35-19-18-33-3)26(32)31(27)22-24-8-7-9-24/h4-6,10-11,24,26,32H,7-9,12-23H2,1-3H3. The molecule has 1 atom stereocenters. The van der Waals surface area contributed by atoms with Crippen molar-refractivity contribution in [2.45, 2.75) is 62.4 Å². The summed E-state index contributed by atoms with van der Waals surface area (Å²) >= 11 is 0. The number of aliphatic hydroxyl groups is 1. The molecule has 2 aliphatic carbocycles. The molecular weight excluding hydrogens is 442 g/mol. The van der Waals surface area contributed by atoms with E-state index in [1.165, 1.54) is 24.8 Å². The molecule has 0 radical (unpaired) electrons. The summed E-state index contributed by atoms with van der Waals surface area (Å²) in [6, 6.07) is 11.0. The topological polar surface area (TPSA) is 57.6 Å². The first-order valence-corrected chi connectivity index (χ1v) is 13.6. The van der Waals surface area contributed by atoms with Crippen LogP contribution in [-0.4, -0.2) is 106 Å². The van der Waals surface area contributed by atoms with E-state index < -0.39 is 6.35 Å². The second kappa shape index (κ2) is 12.5. The molecule has 1 spiro atoms. The van der Waals surface area contributed by atoms with Gasteiger partial charge < -0.3 is 19.3 Å². The van der Waals surface area contributed by atoms with Gasteiger partial charge in [-0.3, -0.25) is 14.7 Å². The highest BCUT2D eigenvalue weighted by Crippen LogP contribution is 2.50. The highest BCUT2D eigenvalue weighted by Gasteiger charge is 2.54. The number of methoxy groups -OCH3 is 1. The summed E-state index contributed by atoms with van der Waals surface area (Å²) < 4.78 is 16.3. The molecule has 7 heteroatoms. The van der Waals surface area contributed by atoms with E-state index in [1.807, 2.05) is 0 Å². The lowest BCUT2D eigenvalue weighted by atomic mass is 9.68. The molecule has 0 amide bonds. The van der Waals surface area contributed by atoms with Crippen LogP contribution in [0.4, 0.5) is 0 Å². The number of rotatable bonds is 13. The zero-order valence-corrected chi connectivity index (χ0v) is 22.2. The van der Waals surface area contributed by atoms with Crippen molar-refractivity contribution in [2.24, 2.45) is 5.92 Å². The molecule has 0 bridgehead atoms. The van der Waals surface area contributed by atoms with E-state index in [1.54, 1.807) is 7.11 Å². The van der Waals surface area contributed by atoms with E-state index in [0.717, 1.165) is 51.2 Å². The average molecular weight is 490 g/mol. The average Bonchev–Trinajstić information content (AvgIpc) is 3.09. The maximum Gasteiger partial charge on any atom is 0.166 e. The molecule has 3 aliphatic rings. The fraction of sp³-hybridized carbons (Fsp3) is 0.786. The van der Waals surface area contributed by atoms with Gasteiger partial charge >= 0.3 is 0 Å². The van der Waals surface area contributed by atoms with Crippen molar-refractivity contribution in [3.05, 3.63) is 35.9 Å². The van der Waals surface area contributed by atoms with Gasteiger partial charge in [-0.1, -0.05) is 36.8 Å². The Kier molecular flexibility index (Phi) is 9.60. The summed E-state index contributed by atoms with van der Waals surface area (Å²) in [6.07, 6.45) is 7.86. The van der Waals surface area contributed by atoms with Crippen molar-refractivity contribution < 1.29 is 19.3 Å². The van der Waals surface area contributed by atoms with Crippen LogP contribution in [0.25, 0.3) is 0 Å². The fourth-order valence-electron chi connectivity index (χ4n) is 6.39. The van der Waals surface area contributed by atoms with E-state index in [9.17, 15) is 5.11 Å². The summed E-state index contributed by atoms with van der Waals surface area (Å²) in [6.45, 7) is 5.67. The molecule has 198 valence electrons. The van der Waals surface area contributed by atoms with Gasteiger partial charge in [0.2, 0.25) is 0 Å². The Morgan fingerprint density at radius 2 is 1.60 bits per heavy atom. The molecule has 1 aromatic carbocycles. The second-order valence-corrected chi connectivity index (χ2v) is 11.0. The van der Waals surface area contributed by atoms with Gasteiger partial charge in [-0.15, -0.1) is 0 Å². The van der Waals surface area contributed by atoms with Crippen LogP contribution in [0.1, 0.15) is 50.5 Å². The maximum atomic E-state index is 11.4. The zero-order valence-electron chi connectivity index (χ0n) is 22.2. The van der Waals surface area contributed by atoms with Crippen molar-refractivity contribution in [2.75, 3.05) is 73.9 Å². The van der Waals surface area contributed by atoms with Gasteiger partial charge in [-0.05, 0) is 64.1 Å². The Morgan fingerprint density at radius 3 is 2.20 bits per heavy atom. The summed E-state index contributed by atoms with van der Waals surface area (Å²) in [7, 11) is 6.13. The molecule has 1 aliphatic heterocycles. The van der Waals surface area contributed by atoms with Gasteiger partial charge in [0.25, 0.3) is 0 Å². The van der Waals surface area contributed by atoms with E-state index in [2.05, 4.69) is 59.1 Å². The number of nitrogens with zero attached hydrogens (tertiary/aromatic N) is 3. The summed E-state index contributed by atoms with van der Waals surface area (Å²) in [5, 5.41) is 11.4. The van der Waals surface area contributed by atoms with Crippen LogP contribution in [0, 0.1) is 5.92 Å². The predicted molar refractivity (Wildman–Crippen MR) is 138 cm³/mol.